The van der Waals surface area contributed by atoms with Crippen molar-refractivity contribution < 1.29 is 19.8 Å². The molecule has 0 bridgehead atoms. The molecule has 0 heterocycles. The van der Waals surface area contributed by atoms with E-state index in [4.69, 9.17) is 10.2 Å². The molecule has 4 heteroatoms. The van der Waals surface area contributed by atoms with E-state index in [1.165, 1.54) is 18.2 Å². The maximum Gasteiger partial charge on any atom is 0.335 e. The zero-order valence-electron chi connectivity index (χ0n) is 8.30. The fraction of sp³-hybridized carbons (Fsp3) is 0.273. The van der Waals surface area contributed by atoms with Crippen molar-refractivity contribution in [2.45, 2.75) is 13.3 Å². The summed E-state index contributed by atoms with van der Waals surface area (Å²) < 4.78 is 0. The molecule has 0 aromatic heterocycles. The van der Waals surface area contributed by atoms with Crippen LogP contribution in [-0.4, -0.2) is 22.2 Å². The lowest BCUT2D eigenvalue weighted by atomic mass is 9.90. The van der Waals surface area contributed by atoms with Crippen molar-refractivity contribution in [3.63, 3.8) is 0 Å². The number of carboxylic acid groups (broad SMARTS) is 2. The Kier molecular flexibility index (Phi) is 3.44. The molecule has 1 aliphatic rings. The van der Waals surface area contributed by atoms with Crippen molar-refractivity contribution in [2.24, 2.45) is 5.92 Å². The van der Waals surface area contributed by atoms with Crippen molar-refractivity contribution in [3.8, 4) is 0 Å². The van der Waals surface area contributed by atoms with Gasteiger partial charge in [0.15, 0.2) is 0 Å². The Hall–Kier alpha value is -1.84. The van der Waals surface area contributed by atoms with Crippen LogP contribution >= 0.6 is 0 Å². The van der Waals surface area contributed by atoms with E-state index in [1.807, 2.05) is 6.92 Å². The van der Waals surface area contributed by atoms with Gasteiger partial charge in [-0.2, -0.15) is 0 Å². The maximum atomic E-state index is 10.8. The summed E-state index contributed by atoms with van der Waals surface area (Å²) in [6.45, 7) is 1.87. The number of rotatable bonds is 3. The van der Waals surface area contributed by atoms with Crippen LogP contribution in [0.15, 0.2) is 35.5 Å². The lowest BCUT2D eigenvalue weighted by Crippen LogP contribution is -2.16. The topological polar surface area (TPSA) is 74.6 Å². The number of hydrogen-bond donors (Lipinski definition) is 2. The van der Waals surface area contributed by atoms with Gasteiger partial charge in [-0.3, -0.25) is 4.79 Å². The van der Waals surface area contributed by atoms with Gasteiger partial charge in [-0.05, 0) is 18.1 Å². The first-order chi connectivity index (χ1) is 7.06. The normalized spacial score (nSPS) is 22.6. The Bertz CT molecular complexity index is 374. The predicted molar refractivity (Wildman–Crippen MR) is 54.4 cm³/mol. The average molecular weight is 208 g/mol. The van der Waals surface area contributed by atoms with Gasteiger partial charge in [0.05, 0.1) is 11.5 Å². The monoisotopic (exact) mass is 208 g/mol. The quantitative estimate of drug-likeness (QED) is 0.738. The van der Waals surface area contributed by atoms with Crippen LogP contribution in [0, 0.1) is 5.92 Å². The summed E-state index contributed by atoms with van der Waals surface area (Å²) in [4.78, 5) is 21.5. The second-order valence-electron chi connectivity index (χ2n) is 3.19. The first-order valence-electron chi connectivity index (χ1n) is 4.62. The summed E-state index contributed by atoms with van der Waals surface area (Å²) in [5.74, 6) is -2.74. The molecule has 1 aliphatic carbocycles. The summed E-state index contributed by atoms with van der Waals surface area (Å²) >= 11 is 0. The first-order valence-corrected chi connectivity index (χ1v) is 4.62. The van der Waals surface area contributed by atoms with Crippen LogP contribution in [-0.2, 0) is 9.59 Å². The van der Waals surface area contributed by atoms with E-state index in [0.717, 1.165) is 0 Å². The molecule has 0 aromatic rings. The van der Waals surface area contributed by atoms with E-state index in [2.05, 4.69) is 0 Å². The number of allylic oxidation sites excluding steroid dienone is 2. The summed E-state index contributed by atoms with van der Waals surface area (Å²) in [6.07, 6.45) is 6.54. The Morgan fingerprint density at radius 2 is 2.13 bits per heavy atom. The fourth-order valence-electron chi connectivity index (χ4n) is 1.41. The molecule has 0 aliphatic heterocycles. The standard InChI is InChI=1S/C11H12O4/c1-2-3-7-6-8(10(12)13)4-5-9(7)11(14)15/h3-6,9H,2H2,1H3,(H,12,13)(H,14,15). The van der Waals surface area contributed by atoms with Gasteiger partial charge in [-0.15, -0.1) is 0 Å². The average Bonchev–Trinajstić information content (AvgIpc) is 2.17. The zero-order valence-corrected chi connectivity index (χ0v) is 8.30. The third kappa shape index (κ3) is 2.56. The molecule has 0 spiro atoms. The largest absolute Gasteiger partial charge is 0.481 e. The molecule has 4 nitrogen and oxygen atoms in total. The minimum atomic E-state index is -1.04. The molecule has 1 unspecified atom stereocenters. The van der Waals surface area contributed by atoms with Gasteiger partial charge in [0.25, 0.3) is 0 Å². The summed E-state index contributed by atoms with van der Waals surface area (Å²) in [6, 6.07) is 0. The minimum Gasteiger partial charge on any atom is -0.481 e. The van der Waals surface area contributed by atoms with Gasteiger partial charge in [0, 0.05) is 0 Å². The van der Waals surface area contributed by atoms with Gasteiger partial charge >= 0.3 is 11.9 Å². The summed E-state index contributed by atoms with van der Waals surface area (Å²) in [7, 11) is 0. The Morgan fingerprint density at radius 1 is 1.47 bits per heavy atom. The highest BCUT2D eigenvalue weighted by Crippen LogP contribution is 2.23. The molecule has 1 rings (SSSR count). The van der Waals surface area contributed by atoms with Crippen LogP contribution < -0.4 is 0 Å². The first kappa shape index (κ1) is 11.2. The number of carboxylic acids is 2. The van der Waals surface area contributed by atoms with Gasteiger partial charge in [-0.25, -0.2) is 4.79 Å². The van der Waals surface area contributed by atoms with Crippen LogP contribution in [0.25, 0.3) is 0 Å². The Morgan fingerprint density at radius 3 is 2.60 bits per heavy atom. The molecule has 0 saturated carbocycles. The molecule has 0 aromatic carbocycles. The van der Waals surface area contributed by atoms with Crippen molar-refractivity contribution >= 4 is 11.9 Å². The molecular formula is C11H12O4. The zero-order chi connectivity index (χ0) is 11.4. The van der Waals surface area contributed by atoms with E-state index < -0.39 is 17.9 Å². The van der Waals surface area contributed by atoms with Crippen LogP contribution in [0.1, 0.15) is 13.3 Å². The number of hydrogen-bond acceptors (Lipinski definition) is 2. The van der Waals surface area contributed by atoms with E-state index in [9.17, 15) is 9.59 Å². The summed E-state index contributed by atoms with van der Waals surface area (Å²) in [5, 5.41) is 17.6. The highest BCUT2D eigenvalue weighted by molar-refractivity contribution is 5.92. The van der Waals surface area contributed by atoms with Crippen molar-refractivity contribution in [3.05, 3.63) is 35.5 Å². The SMILES string of the molecule is CCC=C1C=C(C(=O)O)C=CC1C(=O)O. The highest BCUT2D eigenvalue weighted by Gasteiger charge is 2.22. The molecule has 0 radical (unpaired) electrons. The molecule has 1 atom stereocenters. The molecule has 0 amide bonds. The third-order valence-electron chi connectivity index (χ3n) is 2.10. The van der Waals surface area contributed by atoms with Gasteiger partial charge < -0.3 is 10.2 Å². The van der Waals surface area contributed by atoms with Crippen LogP contribution in [0.5, 0.6) is 0 Å². The highest BCUT2D eigenvalue weighted by atomic mass is 16.4. The molecular weight excluding hydrogens is 196 g/mol. The van der Waals surface area contributed by atoms with E-state index in [1.54, 1.807) is 6.08 Å². The lowest BCUT2D eigenvalue weighted by Gasteiger charge is -2.14. The minimum absolute atomic E-state index is 0.118. The maximum absolute atomic E-state index is 10.8. The Balaban J connectivity index is 3.05. The second-order valence-corrected chi connectivity index (χ2v) is 3.19. The van der Waals surface area contributed by atoms with Crippen LogP contribution in [0.3, 0.4) is 0 Å². The fourth-order valence-corrected chi connectivity index (χ4v) is 1.41. The Labute approximate surface area is 87.2 Å². The second kappa shape index (κ2) is 4.59. The molecule has 0 fully saturated rings. The van der Waals surface area contributed by atoms with Crippen molar-refractivity contribution in [1.82, 2.24) is 0 Å². The number of carbonyl (C=O) groups is 2. The van der Waals surface area contributed by atoms with Crippen LogP contribution in [0.4, 0.5) is 0 Å². The van der Waals surface area contributed by atoms with Crippen LogP contribution in [0.2, 0.25) is 0 Å². The van der Waals surface area contributed by atoms with E-state index in [0.29, 0.717) is 12.0 Å². The molecule has 0 saturated heterocycles. The molecule has 2 N–H and O–H groups in total. The smallest absolute Gasteiger partial charge is 0.335 e. The van der Waals surface area contributed by atoms with Gasteiger partial charge in [0.1, 0.15) is 0 Å². The van der Waals surface area contributed by atoms with Gasteiger partial charge in [0.2, 0.25) is 0 Å². The van der Waals surface area contributed by atoms with Crippen molar-refractivity contribution in [1.29, 1.82) is 0 Å². The lowest BCUT2D eigenvalue weighted by molar-refractivity contribution is -0.139. The molecule has 15 heavy (non-hydrogen) atoms. The predicted octanol–water partition coefficient (Wildman–Crippen LogP) is 1.60. The number of aliphatic carboxylic acids is 2. The van der Waals surface area contributed by atoms with Crippen molar-refractivity contribution in [2.75, 3.05) is 0 Å². The summed E-state index contributed by atoms with van der Waals surface area (Å²) in [5.41, 5.74) is 0.650. The molecule has 80 valence electrons. The van der Waals surface area contributed by atoms with Gasteiger partial charge in [-0.1, -0.05) is 25.2 Å². The third-order valence-corrected chi connectivity index (χ3v) is 2.10. The van der Waals surface area contributed by atoms with E-state index in [-0.39, 0.29) is 5.57 Å². The van der Waals surface area contributed by atoms with E-state index >= 15 is 0 Å².